The lowest BCUT2D eigenvalue weighted by Crippen LogP contribution is -2.41. The van der Waals surface area contributed by atoms with Gasteiger partial charge in [-0.25, -0.2) is 0 Å². The monoisotopic (exact) mass is 208 g/mol. The van der Waals surface area contributed by atoms with Gasteiger partial charge < -0.3 is 9.80 Å². The molecule has 0 saturated carbocycles. The third kappa shape index (κ3) is 2.40. The van der Waals surface area contributed by atoms with Crippen molar-refractivity contribution in [3.05, 3.63) is 12.7 Å². The smallest absolute Gasteiger partial charge is 0.246 e. The standard InChI is InChI=1S/C12H20N2O/c1-2-12(15)14-9-5-6-11(14)10-13-7-3-4-8-13/h2,11H,1,3-10H2. The Bertz CT molecular complexity index is 246. The summed E-state index contributed by atoms with van der Waals surface area (Å²) >= 11 is 0. The molecule has 15 heavy (non-hydrogen) atoms. The number of carbonyl (C=O) groups is 1. The molecule has 0 spiro atoms. The summed E-state index contributed by atoms with van der Waals surface area (Å²) in [6.07, 6.45) is 6.40. The second-order valence-electron chi connectivity index (χ2n) is 4.54. The fourth-order valence-electron chi connectivity index (χ4n) is 2.70. The van der Waals surface area contributed by atoms with E-state index in [1.165, 1.54) is 32.0 Å². The summed E-state index contributed by atoms with van der Waals surface area (Å²) in [5.41, 5.74) is 0. The van der Waals surface area contributed by atoms with Crippen molar-refractivity contribution < 1.29 is 4.79 Å². The van der Waals surface area contributed by atoms with Gasteiger partial charge in [-0.2, -0.15) is 0 Å². The van der Waals surface area contributed by atoms with Crippen molar-refractivity contribution in [2.75, 3.05) is 26.2 Å². The van der Waals surface area contributed by atoms with Gasteiger partial charge in [0.2, 0.25) is 5.91 Å². The Morgan fingerprint density at radius 3 is 2.67 bits per heavy atom. The van der Waals surface area contributed by atoms with Gasteiger partial charge in [0.1, 0.15) is 0 Å². The quantitative estimate of drug-likeness (QED) is 0.652. The molecule has 0 aliphatic carbocycles. The van der Waals surface area contributed by atoms with E-state index in [1.807, 2.05) is 4.90 Å². The summed E-state index contributed by atoms with van der Waals surface area (Å²) in [6.45, 7) is 7.99. The summed E-state index contributed by atoms with van der Waals surface area (Å²) in [6, 6.07) is 0.439. The van der Waals surface area contributed by atoms with Crippen molar-refractivity contribution in [1.29, 1.82) is 0 Å². The van der Waals surface area contributed by atoms with E-state index in [9.17, 15) is 4.79 Å². The molecule has 2 aliphatic rings. The van der Waals surface area contributed by atoms with Crippen LogP contribution in [0.2, 0.25) is 0 Å². The highest BCUT2D eigenvalue weighted by molar-refractivity contribution is 5.87. The molecule has 3 heteroatoms. The molecule has 0 bridgehead atoms. The average Bonchev–Trinajstić information content (AvgIpc) is 2.88. The Hall–Kier alpha value is -0.830. The maximum Gasteiger partial charge on any atom is 0.246 e. The summed E-state index contributed by atoms with van der Waals surface area (Å²) in [5, 5.41) is 0. The molecule has 84 valence electrons. The van der Waals surface area contributed by atoms with Crippen LogP contribution in [0, 0.1) is 0 Å². The van der Waals surface area contributed by atoms with Crippen molar-refractivity contribution in [1.82, 2.24) is 9.80 Å². The van der Waals surface area contributed by atoms with Crippen molar-refractivity contribution in [2.24, 2.45) is 0 Å². The van der Waals surface area contributed by atoms with E-state index in [2.05, 4.69) is 11.5 Å². The Morgan fingerprint density at radius 2 is 2.00 bits per heavy atom. The minimum atomic E-state index is 0.108. The van der Waals surface area contributed by atoms with Crippen LogP contribution in [-0.2, 0) is 4.79 Å². The van der Waals surface area contributed by atoms with E-state index in [-0.39, 0.29) is 5.91 Å². The van der Waals surface area contributed by atoms with Crippen molar-refractivity contribution in [3.63, 3.8) is 0 Å². The molecule has 2 saturated heterocycles. The van der Waals surface area contributed by atoms with Gasteiger partial charge in [0, 0.05) is 19.1 Å². The van der Waals surface area contributed by atoms with Crippen LogP contribution in [-0.4, -0.2) is 47.9 Å². The van der Waals surface area contributed by atoms with Gasteiger partial charge in [-0.1, -0.05) is 6.58 Å². The Kier molecular flexibility index (Phi) is 3.41. The van der Waals surface area contributed by atoms with Crippen molar-refractivity contribution >= 4 is 5.91 Å². The van der Waals surface area contributed by atoms with Gasteiger partial charge in [-0.15, -0.1) is 0 Å². The Morgan fingerprint density at radius 1 is 1.27 bits per heavy atom. The van der Waals surface area contributed by atoms with Gasteiger partial charge in [0.05, 0.1) is 0 Å². The normalized spacial score (nSPS) is 27.2. The number of rotatable bonds is 3. The number of nitrogens with zero attached hydrogens (tertiary/aromatic N) is 2. The predicted octanol–water partition coefficient (Wildman–Crippen LogP) is 1.26. The molecular weight excluding hydrogens is 188 g/mol. The van der Waals surface area contributed by atoms with Gasteiger partial charge in [-0.05, 0) is 44.8 Å². The molecule has 0 aromatic heterocycles. The maximum atomic E-state index is 11.6. The number of hydrogen-bond donors (Lipinski definition) is 0. The van der Waals surface area contributed by atoms with Crippen LogP contribution in [0.15, 0.2) is 12.7 Å². The van der Waals surface area contributed by atoms with Crippen LogP contribution in [0.4, 0.5) is 0 Å². The fraction of sp³-hybridized carbons (Fsp3) is 0.750. The molecule has 0 aromatic rings. The second-order valence-corrected chi connectivity index (χ2v) is 4.54. The predicted molar refractivity (Wildman–Crippen MR) is 60.6 cm³/mol. The topological polar surface area (TPSA) is 23.6 Å². The zero-order chi connectivity index (χ0) is 10.7. The van der Waals surface area contributed by atoms with E-state index < -0.39 is 0 Å². The molecular formula is C12H20N2O. The molecule has 2 aliphatic heterocycles. The highest BCUT2D eigenvalue weighted by atomic mass is 16.2. The molecule has 2 fully saturated rings. The first-order valence-corrected chi connectivity index (χ1v) is 5.96. The van der Waals surface area contributed by atoms with E-state index in [1.54, 1.807) is 0 Å². The molecule has 2 heterocycles. The summed E-state index contributed by atoms with van der Waals surface area (Å²) in [7, 11) is 0. The molecule has 1 amide bonds. The van der Waals surface area contributed by atoms with Crippen molar-refractivity contribution in [2.45, 2.75) is 31.7 Å². The van der Waals surface area contributed by atoms with Gasteiger partial charge in [-0.3, -0.25) is 4.79 Å². The van der Waals surface area contributed by atoms with Crippen LogP contribution in [0.1, 0.15) is 25.7 Å². The molecule has 0 radical (unpaired) electrons. The van der Waals surface area contributed by atoms with E-state index in [0.29, 0.717) is 6.04 Å². The largest absolute Gasteiger partial charge is 0.335 e. The third-order valence-corrected chi connectivity index (χ3v) is 3.50. The van der Waals surface area contributed by atoms with Crippen molar-refractivity contribution in [3.8, 4) is 0 Å². The number of likely N-dealkylation sites (tertiary alicyclic amines) is 2. The van der Waals surface area contributed by atoms with Gasteiger partial charge in [0.25, 0.3) is 0 Å². The highest BCUT2D eigenvalue weighted by Gasteiger charge is 2.29. The lowest BCUT2D eigenvalue weighted by molar-refractivity contribution is -0.127. The first-order chi connectivity index (χ1) is 7.31. The van der Waals surface area contributed by atoms with E-state index >= 15 is 0 Å². The zero-order valence-electron chi connectivity index (χ0n) is 9.32. The van der Waals surface area contributed by atoms with Crippen LogP contribution in [0.3, 0.4) is 0 Å². The minimum absolute atomic E-state index is 0.108. The number of hydrogen-bond acceptors (Lipinski definition) is 2. The lowest BCUT2D eigenvalue weighted by atomic mass is 10.2. The fourth-order valence-corrected chi connectivity index (χ4v) is 2.70. The Balaban J connectivity index is 1.89. The lowest BCUT2D eigenvalue weighted by Gasteiger charge is -2.27. The Labute approximate surface area is 91.7 Å². The van der Waals surface area contributed by atoms with Gasteiger partial charge in [0.15, 0.2) is 0 Å². The number of amides is 1. The van der Waals surface area contributed by atoms with Crippen LogP contribution >= 0.6 is 0 Å². The zero-order valence-corrected chi connectivity index (χ0v) is 9.32. The minimum Gasteiger partial charge on any atom is -0.335 e. The molecule has 3 nitrogen and oxygen atoms in total. The highest BCUT2D eigenvalue weighted by Crippen LogP contribution is 2.20. The van der Waals surface area contributed by atoms with Gasteiger partial charge >= 0.3 is 0 Å². The third-order valence-electron chi connectivity index (χ3n) is 3.50. The average molecular weight is 208 g/mol. The molecule has 0 N–H and O–H groups in total. The SMILES string of the molecule is C=CC(=O)N1CCCC1CN1CCCC1. The molecule has 1 unspecified atom stereocenters. The first kappa shape index (κ1) is 10.7. The summed E-state index contributed by atoms with van der Waals surface area (Å²) in [4.78, 5) is 16.1. The van der Waals surface area contributed by atoms with E-state index in [4.69, 9.17) is 0 Å². The van der Waals surface area contributed by atoms with Crippen LogP contribution in [0.5, 0.6) is 0 Å². The molecule has 2 rings (SSSR count). The summed E-state index contributed by atoms with van der Waals surface area (Å²) < 4.78 is 0. The number of carbonyl (C=O) groups excluding carboxylic acids is 1. The van der Waals surface area contributed by atoms with E-state index in [0.717, 1.165) is 25.9 Å². The first-order valence-electron chi connectivity index (χ1n) is 5.96. The second kappa shape index (κ2) is 4.79. The molecule has 1 atom stereocenters. The molecule has 0 aromatic carbocycles. The van der Waals surface area contributed by atoms with Crippen LogP contribution < -0.4 is 0 Å². The van der Waals surface area contributed by atoms with Crippen LogP contribution in [0.25, 0.3) is 0 Å². The maximum absolute atomic E-state index is 11.6. The summed E-state index contributed by atoms with van der Waals surface area (Å²) in [5.74, 6) is 0.108.